The van der Waals surface area contributed by atoms with Crippen LogP contribution in [0, 0.1) is 11.8 Å². The van der Waals surface area contributed by atoms with Crippen LogP contribution in [0.15, 0.2) is 4.99 Å². The molecule has 0 bridgehead atoms. The summed E-state index contributed by atoms with van der Waals surface area (Å²) in [6.07, 6.45) is 0. The maximum atomic E-state index is 4.32. The zero-order valence-corrected chi connectivity index (χ0v) is 15.5. The van der Waals surface area contributed by atoms with Crippen LogP contribution in [-0.4, -0.2) is 74.7 Å². The van der Waals surface area contributed by atoms with E-state index in [0.717, 1.165) is 12.5 Å². The fraction of sp³-hybridized carbons (Fsp3) is 0.941. The van der Waals surface area contributed by atoms with Crippen LogP contribution in [0.3, 0.4) is 0 Å². The van der Waals surface area contributed by atoms with E-state index in [-0.39, 0.29) is 0 Å². The lowest BCUT2D eigenvalue weighted by Crippen LogP contribution is -2.49. The van der Waals surface area contributed by atoms with Crippen LogP contribution >= 0.6 is 0 Å². The molecule has 0 aromatic heterocycles. The Hall–Kier alpha value is -0.810. The molecule has 5 heteroatoms. The van der Waals surface area contributed by atoms with Crippen molar-refractivity contribution in [2.24, 2.45) is 16.8 Å². The van der Waals surface area contributed by atoms with Gasteiger partial charge in [-0.3, -0.25) is 4.99 Å². The minimum absolute atomic E-state index is 0.434. The summed E-state index contributed by atoms with van der Waals surface area (Å²) >= 11 is 0. The van der Waals surface area contributed by atoms with Crippen LogP contribution < -0.4 is 10.6 Å². The van der Waals surface area contributed by atoms with E-state index in [1.807, 2.05) is 7.05 Å². The summed E-state index contributed by atoms with van der Waals surface area (Å²) in [5, 5.41) is 6.92. The van der Waals surface area contributed by atoms with E-state index in [4.69, 9.17) is 0 Å². The molecule has 0 radical (unpaired) electrons. The molecule has 1 rings (SSSR count). The van der Waals surface area contributed by atoms with Crippen molar-refractivity contribution in [3.63, 3.8) is 0 Å². The second kappa shape index (κ2) is 10.1. The molecule has 0 aromatic carbocycles. The summed E-state index contributed by atoms with van der Waals surface area (Å²) in [4.78, 5) is 9.44. The number of nitrogens with one attached hydrogen (secondary N) is 2. The Labute approximate surface area is 137 Å². The Morgan fingerprint density at radius 2 is 1.64 bits per heavy atom. The van der Waals surface area contributed by atoms with Crippen molar-refractivity contribution in [2.45, 2.75) is 40.7 Å². The Balaban J connectivity index is 2.25. The quantitative estimate of drug-likeness (QED) is 0.552. The van der Waals surface area contributed by atoms with E-state index in [9.17, 15) is 0 Å². The lowest BCUT2D eigenvalue weighted by Gasteiger charge is -2.35. The molecule has 2 N–H and O–H groups in total. The lowest BCUT2D eigenvalue weighted by atomic mass is 10.1. The first-order valence-corrected chi connectivity index (χ1v) is 8.88. The number of hydrogen-bond acceptors (Lipinski definition) is 3. The average molecular weight is 312 g/mol. The van der Waals surface area contributed by atoms with Gasteiger partial charge in [0.1, 0.15) is 0 Å². The van der Waals surface area contributed by atoms with E-state index >= 15 is 0 Å². The third-order valence-corrected chi connectivity index (χ3v) is 4.69. The van der Waals surface area contributed by atoms with Gasteiger partial charge in [-0.15, -0.1) is 0 Å². The summed E-state index contributed by atoms with van der Waals surface area (Å²) in [5.74, 6) is 2.15. The van der Waals surface area contributed by atoms with Crippen LogP contribution in [0.5, 0.6) is 0 Å². The van der Waals surface area contributed by atoms with Crippen LogP contribution in [0.2, 0.25) is 0 Å². The zero-order chi connectivity index (χ0) is 16.5. The number of aliphatic imine (C=N–C) groups is 1. The van der Waals surface area contributed by atoms with E-state index in [0.29, 0.717) is 17.9 Å². The molecule has 22 heavy (non-hydrogen) atoms. The summed E-state index contributed by atoms with van der Waals surface area (Å²) < 4.78 is 0. The fourth-order valence-electron chi connectivity index (χ4n) is 2.64. The molecule has 1 aliphatic rings. The summed E-state index contributed by atoms with van der Waals surface area (Å²) in [6.45, 7) is 19.4. The van der Waals surface area contributed by atoms with Crippen molar-refractivity contribution < 1.29 is 0 Å². The largest absolute Gasteiger partial charge is 0.356 e. The monoisotopic (exact) mass is 311 g/mol. The Kier molecular flexibility index (Phi) is 8.79. The molecule has 1 saturated heterocycles. The molecule has 5 nitrogen and oxygen atoms in total. The van der Waals surface area contributed by atoms with Gasteiger partial charge in [0.15, 0.2) is 5.96 Å². The first kappa shape index (κ1) is 19.2. The van der Waals surface area contributed by atoms with Crippen LogP contribution in [0.1, 0.15) is 34.6 Å². The highest BCUT2D eigenvalue weighted by Crippen LogP contribution is 2.05. The third kappa shape index (κ3) is 6.97. The first-order chi connectivity index (χ1) is 10.5. The van der Waals surface area contributed by atoms with Crippen LogP contribution in [0.4, 0.5) is 0 Å². The minimum atomic E-state index is 0.434. The van der Waals surface area contributed by atoms with Gasteiger partial charge in [-0.25, -0.2) is 0 Å². The van der Waals surface area contributed by atoms with Crippen LogP contribution in [0.25, 0.3) is 0 Å². The molecule has 0 amide bonds. The summed E-state index contributed by atoms with van der Waals surface area (Å²) in [7, 11) is 1.84. The van der Waals surface area contributed by atoms with Gasteiger partial charge in [0.2, 0.25) is 0 Å². The van der Waals surface area contributed by atoms with Gasteiger partial charge in [-0.05, 0) is 25.3 Å². The predicted octanol–water partition coefficient (Wildman–Crippen LogP) is 1.47. The number of rotatable bonds is 7. The Bertz CT molecular complexity index is 321. The average Bonchev–Trinajstić information content (AvgIpc) is 2.51. The molecule has 0 aliphatic carbocycles. The molecule has 1 heterocycles. The maximum absolute atomic E-state index is 4.32. The minimum Gasteiger partial charge on any atom is -0.356 e. The first-order valence-electron chi connectivity index (χ1n) is 8.88. The van der Waals surface area contributed by atoms with Gasteiger partial charge in [-0.2, -0.15) is 0 Å². The molecule has 130 valence electrons. The zero-order valence-electron chi connectivity index (χ0n) is 15.5. The SMILES string of the molecule is CCN1CCN(CC(C)CNC(=NC)NC(C)C(C)C)CC1. The van der Waals surface area contributed by atoms with Crippen molar-refractivity contribution in [1.82, 2.24) is 20.4 Å². The number of nitrogens with zero attached hydrogens (tertiary/aromatic N) is 3. The van der Waals surface area contributed by atoms with Gasteiger partial charge in [-0.1, -0.05) is 27.7 Å². The molecule has 2 atom stereocenters. The molecule has 0 saturated carbocycles. The van der Waals surface area contributed by atoms with Gasteiger partial charge in [0.25, 0.3) is 0 Å². The van der Waals surface area contributed by atoms with E-state index in [2.05, 4.69) is 60.0 Å². The van der Waals surface area contributed by atoms with Crippen LogP contribution in [-0.2, 0) is 0 Å². The molecule has 1 fully saturated rings. The highest BCUT2D eigenvalue weighted by molar-refractivity contribution is 5.79. The molecule has 0 spiro atoms. The second-order valence-electron chi connectivity index (χ2n) is 6.97. The molecular formula is C17H37N5. The molecule has 1 aliphatic heterocycles. The summed E-state index contributed by atoms with van der Waals surface area (Å²) in [6, 6.07) is 0.434. The highest BCUT2D eigenvalue weighted by Gasteiger charge is 2.17. The smallest absolute Gasteiger partial charge is 0.191 e. The fourth-order valence-corrected chi connectivity index (χ4v) is 2.64. The van der Waals surface area contributed by atoms with Gasteiger partial charge in [0.05, 0.1) is 0 Å². The molecule has 0 aromatic rings. The van der Waals surface area contributed by atoms with Crippen molar-refractivity contribution in [3.05, 3.63) is 0 Å². The van der Waals surface area contributed by atoms with Gasteiger partial charge in [0, 0.05) is 52.4 Å². The number of hydrogen-bond donors (Lipinski definition) is 2. The van der Waals surface area contributed by atoms with E-state index < -0.39 is 0 Å². The standard InChI is InChI=1S/C17H37N5/c1-7-21-8-10-22(11-9-21)13-15(4)12-19-17(18-6)20-16(5)14(2)3/h14-16H,7-13H2,1-6H3,(H2,18,19,20). The second-order valence-corrected chi connectivity index (χ2v) is 6.97. The van der Waals surface area contributed by atoms with E-state index in [1.54, 1.807) is 0 Å². The van der Waals surface area contributed by atoms with Gasteiger partial charge < -0.3 is 20.4 Å². The topological polar surface area (TPSA) is 42.9 Å². The maximum Gasteiger partial charge on any atom is 0.191 e. The lowest BCUT2D eigenvalue weighted by molar-refractivity contribution is 0.124. The predicted molar refractivity (Wildman–Crippen MR) is 96.5 cm³/mol. The number of piperazine rings is 1. The number of guanidine groups is 1. The van der Waals surface area contributed by atoms with Crippen molar-refractivity contribution in [1.29, 1.82) is 0 Å². The van der Waals surface area contributed by atoms with Gasteiger partial charge >= 0.3 is 0 Å². The number of likely N-dealkylation sites (N-methyl/N-ethyl adjacent to an activating group) is 1. The highest BCUT2D eigenvalue weighted by atomic mass is 15.3. The normalized spacial score (nSPS) is 21.0. The van der Waals surface area contributed by atoms with E-state index in [1.165, 1.54) is 39.3 Å². The third-order valence-electron chi connectivity index (χ3n) is 4.69. The summed E-state index contributed by atoms with van der Waals surface area (Å²) in [5.41, 5.74) is 0. The molecule has 2 unspecified atom stereocenters. The van der Waals surface area contributed by atoms with Crippen molar-refractivity contribution in [3.8, 4) is 0 Å². The Morgan fingerprint density at radius 3 is 2.14 bits per heavy atom. The van der Waals surface area contributed by atoms with Crippen molar-refractivity contribution >= 4 is 5.96 Å². The van der Waals surface area contributed by atoms with Crippen molar-refractivity contribution in [2.75, 3.05) is 52.9 Å². The Morgan fingerprint density at radius 1 is 1.05 bits per heavy atom. The molecular weight excluding hydrogens is 274 g/mol.